The number of carbonyl (C=O) groups is 3. The molecule has 0 bridgehead atoms. The van der Waals surface area contributed by atoms with Gasteiger partial charge in [-0.3, -0.25) is 0 Å². The number of carboxylic acids is 1. The van der Waals surface area contributed by atoms with Crippen molar-refractivity contribution in [3.8, 4) is 17.2 Å². The normalized spacial score (nSPS) is 10.5. The molecule has 0 aliphatic rings. The molecule has 0 radical (unpaired) electrons. The predicted molar refractivity (Wildman–Crippen MR) is 115 cm³/mol. The minimum Gasteiger partial charge on any atom is -0.508 e. The summed E-state index contributed by atoms with van der Waals surface area (Å²) in [4.78, 5) is 35.7. The first-order valence-electron chi connectivity index (χ1n) is 9.49. The Labute approximate surface area is 182 Å². The summed E-state index contributed by atoms with van der Waals surface area (Å²) < 4.78 is 10.6. The van der Waals surface area contributed by atoms with Gasteiger partial charge in [-0.1, -0.05) is 12.1 Å². The maximum absolute atomic E-state index is 12.4. The van der Waals surface area contributed by atoms with Gasteiger partial charge in [-0.2, -0.15) is 0 Å². The van der Waals surface area contributed by atoms with Gasteiger partial charge in [-0.25, -0.2) is 14.4 Å². The number of aromatic carboxylic acids is 1. The van der Waals surface area contributed by atoms with Gasteiger partial charge >= 0.3 is 17.9 Å². The highest BCUT2D eigenvalue weighted by Gasteiger charge is 2.13. The highest BCUT2D eigenvalue weighted by molar-refractivity contribution is 6.00. The number of carbonyl (C=O) groups excluding carboxylic acids is 2. The minimum absolute atomic E-state index is 0.0714. The second-order valence-corrected chi connectivity index (χ2v) is 6.88. The molecule has 0 spiro atoms. The van der Waals surface area contributed by atoms with E-state index >= 15 is 0 Å². The van der Waals surface area contributed by atoms with E-state index in [9.17, 15) is 19.5 Å². The van der Waals surface area contributed by atoms with Crippen molar-refractivity contribution in [1.82, 2.24) is 0 Å². The Morgan fingerprint density at radius 1 is 0.562 bits per heavy atom. The quantitative estimate of drug-likeness (QED) is 0.351. The third-order valence-electron chi connectivity index (χ3n) is 4.67. The number of carboxylic acid groups (broad SMARTS) is 1. The lowest BCUT2D eigenvalue weighted by atomic mass is 10.0. The number of ether oxygens (including phenoxy) is 2. The van der Waals surface area contributed by atoms with Gasteiger partial charge in [-0.15, -0.1) is 0 Å². The van der Waals surface area contributed by atoms with Crippen molar-refractivity contribution in [3.63, 3.8) is 0 Å². The Balaban J connectivity index is 1.49. The SMILES string of the molecule is O=C(O)c1ccc(OC(=O)c2ccc3cc(C(=O)Oc4ccc(O)cc4)ccc3c2)cc1. The van der Waals surface area contributed by atoms with Crippen LogP contribution in [-0.4, -0.2) is 28.1 Å². The molecule has 7 heteroatoms. The van der Waals surface area contributed by atoms with Gasteiger partial charge in [0.15, 0.2) is 0 Å². The van der Waals surface area contributed by atoms with Gasteiger partial charge in [0.2, 0.25) is 0 Å². The first-order chi connectivity index (χ1) is 15.4. The Kier molecular flexibility index (Phi) is 5.55. The number of hydrogen-bond donors (Lipinski definition) is 2. The first-order valence-corrected chi connectivity index (χ1v) is 9.49. The smallest absolute Gasteiger partial charge is 0.343 e. The van der Waals surface area contributed by atoms with E-state index in [0.717, 1.165) is 10.8 Å². The van der Waals surface area contributed by atoms with Gasteiger partial charge in [0, 0.05) is 0 Å². The molecule has 32 heavy (non-hydrogen) atoms. The summed E-state index contributed by atoms with van der Waals surface area (Å²) in [5.41, 5.74) is 0.730. The second kappa shape index (κ2) is 8.61. The van der Waals surface area contributed by atoms with E-state index in [1.807, 2.05) is 0 Å². The number of aromatic hydroxyl groups is 1. The van der Waals surface area contributed by atoms with Crippen molar-refractivity contribution >= 4 is 28.7 Å². The van der Waals surface area contributed by atoms with Gasteiger partial charge in [0.05, 0.1) is 16.7 Å². The highest BCUT2D eigenvalue weighted by atomic mass is 16.5. The molecule has 0 atom stereocenters. The van der Waals surface area contributed by atoms with Gasteiger partial charge in [-0.05, 0) is 83.6 Å². The van der Waals surface area contributed by atoms with Crippen LogP contribution < -0.4 is 9.47 Å². The molecule has 4 rings (SSSR count). The maximum Gasteiger partial charge on any atom is 0.343 e. The fourth-order valence-electron chi connectivity index (χ4n) is 3.01. The summed E-state index contributed by atoms with van der Waals surface area (Å²) in [7, 11) is 0. The lowest BCUT2D eigenvalue weighted by Crippen LogP contribution is -2.09. The molecule has 2 N–H and O–H groups in total. The monoisotopic (exact) mass is 428 g/mol. The zero-order chi connectivity index (χ0) is 22.7. The molecule has 4 aromatic rings. The van der Waals surface area contributed by atoms with Crippen molar-refractivity contribution < 1.29 is 34.1 Å². The number of rotatable bonds is 5. The van der Waals surface area contributed by atoms with Crippen LogP contribution in [0, 0.1) is 0 Å². The summed E-state index contributed by atoms with van der Waals surface area (Å²) in [6.07, 6.45) is 0. The Morgan fingerprint density at radius 3 is 1.41 bits per heavy atom. The summed E-state index contributed by atoms with van der Waals surface area (Å²) in [6, 6.07) is 21.2. The molecule has 158 valence electrons. The van der Waals surface area contributed by atoms with Crippen molar-refractivity contribution in [3.05, 3.63) is 102 Å². The van der Waals surface area contributed by atoms with Gasteiger partial charge in [0.1, 0.15) is 17.2 Å². The van der Waals surface area contributed by atoms with Crippen LogP contribution in [0.4, 0.5) is 0 Å². The van der Waals surface area contributed by atoms with E-state index in [4.69, 9.17) is 14.6 Å². The van der Waals surface area contributed by atoms with E-state index in [1.54, 1.807) is 36.4 Å². The molecule has 0 heterocycles. The first kappa shape index (κ1) is 20.6. The van der Waals surface area contributed by atoms with Crippen LogP contribution in [0.2, 0.25) is 0 Å². The molecule has 0 saturated carbocycles. The average Bonchev–Trinajstić information content (AvgIpc) is 2.80. The molecule has 0 aromatic heterocycles. The molecule has 0 saturated heterocycles. The molecular weight excluding hydrogens is 412 g/mol. The molecule has 7 nitrogen and oxygen atoms in total. The minimum atomic E-state index is -1.07. The number of fused-ring (bicyclic) bond motifs is 1. The fourth-order valence-corrected chi connectivity index (χ4v) is 3.01. The Bertz CT molecular complexity index is 1320. The van der Waals surface area contributed by atoms with Gasteiger partial charge < -0.3 is 19.7 Å². The van der Waals surface area contributed by atoms with E-state index < -0.39 is 17.9 Å². The zero-order valence-corrected chi connectivity index (χ0v) is 16.5. The largest absolute Gasteiger partial charge is 0.508 e. The number of benzene rings is 4. The summed E-state index contributed by atoms with van der Waals surface area (Å²) in [5, 5.41) is 19.7. The van der Waals surface area contributed by atoms with E-state index in [0.29, 0.717) is 16.9 Å². The second-order valence-electron chi connectivity index (χ2n) is 6.88. The number of phenols is 1. The third-order valence-corrected chi connectivity index (χ3v) is 4.67. The number of esters is 2. The van der Waals surface area contributed by atoms with Crippen LogP contribution in [0.1, 0.15) is 31.1 Å². The fraction of sp³-hybridized carbons (Fsp3) is 0. The van der Waals surface area contributed by atoms with Crippen LogP contribution in [0.5, 0.6) is 17.2 Å². The molecule has 0 aliphatic heterocycles. The van der Waals surface area contributed by atoms with Crippen LogP contribution in [0.3, 0.4) is 0 Å². The molecule has 4 aromatic carbocycles. The molecule has 0 amide bonds. The van der Waals surface area contributed by atoms with E-state index in [2.05, 4.69) is 0 Å². The topological polar surface area (TPSA) is 110 Å². The van der Waals surface area contributed by atoms with Crippen LogP contribution in [0.15, 0.2) is 84.9 Å². The van der Waals surface area contributed by atoms with Crippen molar-refractivity contribution in [1.29, 1.82) is 0 Å². The van der Waals surface area contributed by atoms with E-state index in [1.165, 1.54) is 48.5 Å². The Hall–Kier alpha value is -4.65. The number of phenolic OH excluding ortho intramolecular Hbond substituents is 1. The molecule has 0 aliphatic carbocycles. The van der Waals surface area contributed by atoms with Crippen LogP contribution in [0.25, 0.3) is 10.8 Å². The molecule has 0 unspecified atom stereocenters. The summed E-state index contributed by atoms with van der Waals surface area (Å²) in [5.74, 6) is -1.60. The molecule has 0 fully saturated rings. The predicted octanol–water partition coefficient (Wildman–Crippen LogP) is 4.68. The lowest BCUT2D eigenvalue weighted by Gasteiger charge is -2.08. The summed E-state index contributed by atoms with van der Waals surface area (Å²) >= 11 is 0. The lowest BCUT2D eigenvalue weighted by molar-refractivity contribution is 0.0694. The average molecular weight is 428 g/mol. The van der Waals surface area contributed by atoms with E-state index in [-0.39, 0.29) is 17.1 Å². The van der Waals surface area contributed by atoms with Crippen molar-refractivity contribution in [2.24, 2.45) is 0 Å². The van der Waals surface area contributed by atoms with Gasteiger partial charge in [0.25, 0.3) is 0 Å². The molecular formula is C25H16O7. The number of hydrogen-bond acceptors (Lipinski definition) is 6. The van der Waals surface area contributed by atoms with Crippen LogP contribution >= 0.6 is 0 Å². The van der Waals surface area contributed by atoms with Crippen molar-refractivity contribution in [2.45, 2.75) is 0 Å². The maximum atomic E-state index is 12.4. The highest BCUT2D eigenvalue weighted by Crippen LogP contribution is 2.22. The summed E-state index contributed by atoms with van der Waals surface area (Å²) in [6.45, 7) is 0. The Morgan fingerprint density at radius 2 is 0.969 bits per heavy atom. The third kappa shape index (κ3) is 4.57. The van der Waals surface area contributed by atoms with Crippen molar-refractivity contribution in [2.75, 3.05) is 0 Å². The zero-order valence-electron chi connectivity index (χ0n) is 16.5. The standard InChI is InChI=1S/C25H16O7/c26-20-7-11-22(12-8-20)32-25(30)19-4-2-16-13-18(3-1-17(16)14-19)24(29)31-21-9-5-15(6-10-21)23(27)28/h1-14,26H,(H,27,28). The van der Waals surface area contributed by atoms with Crippen LogP contribution in [-0.2, 0) is 0 Å².